The van der Waals surface area contributed by atoms with Crippen molar-refractivity contribution in [2.24, 2.45) is 0 Å². The van der Waals surface area contributed by atoms with Gasteiger partial charge in [0.25, 0.3) is 0 Å². The molecule has 0 aromatic heterocycles. The summed E-state index contributed by atoms with van der Waals surface area (Å²) in [4.78, 5) is 0. The summed E-state index contributed by atoms with van der Waals surface area (Å²) in [5, 5.41) is 20.7. The maximum absolute atomic E-state index is 10.5. The van der Waals surface area contributed by atoms with E-state index in [1.54, 1.807) is 0 Å². The highest BCUT2D eigenvalue weighted by Gasteiger charge is 2.15. The molecule has 0 aliphatic heterocycles. The largest absolute Gasteiger partial charge is 0.507 e. The second-order valence-corrected chi connectivity index (χ2v) is 9.65. The number of allylic oxidation sites excluding steroid dienone is 2. The van der Waals surface area contributed by atoms with Gasteiger partial charge in [0.2, 0.25) is 0 Å². The van der Waals surface area contributed by atoms with Crippen molar-refractivity contribution < 1.29 is 10.2 Å². The van der Waals surface area contributed by atoms with Crippen molar-refractivity contribution in [1.29, 1.82) is 0 Å². The van der Waals surface area contributed by atoms with Crippen LogP contribution in [0.5, 0.6) is 11.5 Å². The molecule has 0 unspecified atom stereocenters. The van der Waals surface area contributed by atoms with Gasteiger partial charge in [0.05, 0.1) is 0 Å². The first-order chi connectivity index (χ1) is 14.9. The van der Waals surface area contributed by atoms with E-state index in [2.05, 4.69) is 19.9 Å². The van der Waals surface area contributed by atoms with Gasteiger partial charge < -0.3 is 10.2 Å². The minimum Gasteiger partial charge on any atom is -0.507 e. The number of benzene rings is 1. The lowest BCUT2D eigenvalue weighted by molar-refractivity contribution is 0.444. The van der Waals surface area contributed by atoms with Gasteiger partial charge in [-0.05, 0) is 63.6 Å². The molecule has 1 aromatic carbocycles. The molecule has 0 aliphatic rings. The van der Waals surface area contributed by atoms with Gasteiger partial charge in [-0.2, -0.15) is 0 Å². The lowest BCUT2D eigenvalue weighted by Gasteiger charge is -2.15. The maximum atomic E-state index is 10.5. The second kappa shape index (κ2) is 16.2. The van der Waals surface area contributed by atoms with E-state index in [9.17, 15) is 10.2 Å². The summed E-state index contributed by atoms with van der Waals surface area (Å²) in [6, 6.07) is 0. The zero-order chi connectivity index (χ0) is 23.1. The van der Waals surface area contributed by atoms with Crippen molar-refractivity contribution in [2.75, 3.05) is 0 Å². The number of rotatable bonds is 17. The molecule has 0 spiro atoms. The summed E-state index contributed by atoms with van der Waals surface area (Å²) < 4.78 is 0. The van der Waals surface area contributed by atoms with Crippen molar-refractivity contribution in [3.63, 3.8) is 0 Å². The van der Waals surface area contributed by atoms with Gasteiger partial charge in [-0.15, -0.1) is 0 Å². The number of phenols is 2. The van der Waals surface area contributed by atoms with Crippen molar-refractivity contribution in [3.05, 3.63) is 33.9 Å². The van der Waals surface area contributed by atoms with Crippen LogP contribution in [0.3, 0.4) is 0 Å². The van der Waals surface area contributed by atoms with E-state index < -0.39 is 0 Å². The van der Waals surface area contributed by atoms with Crippen molar-refractivity contribution in [3.8, 4) is 11.5 Å². The smallest absolute Gasteiger partial charge is 0.122 e. The summed E-state index contributed by atoms with van der Waals surface area (Å²) in [5.74, 6) is 0.664. The number of hydrogen-bond acceptors (Lipinski definition) is 2. The van der Waals surface area contributed by atoms with Crippen LogP contribution in [-0.2, 0) is 6.42 Å². The van der Waals surface area contributed by atoms with Crippen LogP contribution in [0, 0.1) is 20.8 Å². The molecule has 0 radical (unpaired) electrons. The van der Waals surface area contributed by atoms with Gasteiger partial charge in [0.15, 0.2) is 0 Å². The third-order valence-corrected chi connectivity index (χ3v) is 6.95. The van der Waals surface area contributed by atoms with Gasteiger partial charge in [0.1, 0.15) is 11.5 Å². The van der Waals surface area contributed by atoms with E-state index in [-0.39, 0.29) is 0 Å². The van der Waals surface area contributed by atoms with Crippen LogP contribution in [0.4, 0.5) is 0 Å². The molecule has 2 heteroatoms. The zero-order valence-corrected chi connectivity index (χ0v) is 21.3. The van der Waals surface area contributed by atoms with Crippen molar-refractivity contribution in [2.45, 2.75) is 137 Å². The fourth-order valence-corrected chi connectivity index (χ4v) is 4.41. The Hall–Kier alpha value is -1.44. The van der Waals surface area contributed by atoms with E-state index >= 15 is 0 Å². The Morgan fingerprint density at radius 2 is 1.03 bits per heavy atom. The van der Waals surface area contributed by atoms with Gasteiger partial charge in [0, 0.05) is 5.56 Å². The molecule has 178 valence electrons. The fraction of sp³-hybridized carbons (Fsp3) is 0.724. The molecule has 0 atom stereocenters. The van der Waals surface area contributed by atoms with Gasteiger partial charge in [-0.1, -0.05) is 102 Å². The lowest BCUT2D eigenvalue weighted by atomic mass is 9.94. The van der Waals surface area contributed by atoms with Crippen LogP contribution >= 0.6 is 0 Å². The van der Waals surface area contributed by atoms with E-state index in [0.717, 1.165) is 28.7 Å². The molecule has 2 N–H and O–H groups in total. The molecule has 0 amide bonds. The van der Waals surface area contributed by atoms with E-state index in [0.29, 0.717) is 17.9 Å². The first kappa shape index (κ1) is 27.6. The molecule has 0 heterocycles. The highest BCUT2D eigenvalue weighted by molar-refractivity contribution is 5.57. The van der Waals surface area contributed by atoms with Crippen LogP contribution in [0.25, 0.3) is 0 Å². The first-order valence-corrected chi connectivity index (χ1v) is 13.1. The lowest BCUT2D eigenvalue weighted by Crippen LogP contribution is -1.96. The Kier molecular flexibility index (Phi) is 14.4. The number of hydrogen-bond donors (Lipinski definition) is 2. The van der Waals surface area contributed by atoms with Crippen LogP contribution in [0.15, 0.2) is 11.6 Å². The molecule has 0 saturated carbocycles. The summed E-state index contributed by atoms with van der Waals surface area (Å²) in [5.41, 5.74) is 4.62. The van der Waals surface area contributed by atoms with Crippen molar-refractivity contribution >= 4 is 0 Å². The summed E-state index contributed by atoms with van der Waals surface area (Å²) in [7, 11) is 0. The number of phenolic OH excluding ortho intramolecular Hbond substituents is 2. The van der Waals surface area contributed by atoms with Gasteiger partial charge >= 0.3 is 0 Å². The molecule has 0 saturated heterocycles. The van der Waals surface area contributed by atoms with Crippen LogP contribution in [-0.4, -0.2) is 10.2 Å². The Morgan fingerprint density at radius 3 is 1.52 bits per heavy atom. The minimum absolute atomic E-state index is 0.323. The Bertz CT molecular complexity index is 628. The van der Waals surface area contributed by atoms with Crippen LogP contribution < -0.4 is 0 Å². The number of unbranched alkanes of at least 4 members (excludes halogenated alkanes) is 13. The van der Waals surface area contributed by atoms with E-state index in [4.69, 9.17) is 0 Å². The maximum Gasteiger partial charge on any atom is 0.122 e. The molecule has 1 rings (SSSR count). The summed E-state index contributed by atoms with van der Waals surface area (Å²) in [6.45, 7) is 10.1. The average molecular weight is 431 g/mol. The summed E-state index contributed by atoms with van der Waals surface area (Å²) >= 11 is 0. The number of aromatic hydroxyl groups is 2. The standard InChI is InChI=1S/C29H50O2/c1-6-7-8-9-10-11-12-13-14-15-16-17-18-19-20-23(2)21-22-27-26(5)28(30)24(3)25(4)29(27)31/h21,30-31H,6-20,22H2,1-5H3/b23-21+. The predicted octanol–water partition coefficient (Wildman–Crippen LogP) is 9.38. The minimum atomic E-state index is 0.323. The molecule has 1 aromatic rings. The van der Waals surface area contributed by atoms with Gasteiger partial charge in [-0.25, -0.2) is 0 Å². The average Bonchev–Trinajstić information content (AvgIpc) is 2.76. The quantitative estimate of drug-likeness (QED) is 0.147. The van der Waals surface area contributed by atoms with Gasteiger partial charge in [-0.3, -0.25) is 0 Å². The second-order valence-electron chi connectivity index (χ2n) is 9.65. The van der Waals surface area contributed by atoms with Crippen LogP contribution in [0.2, 0.25) is 0 Å². The normalized spacial score (nSPS) is 12.0. The Labute approximate surface area is 193 Å². The molecule has 0 aliphatic carbocycles. The zero-order valence-electron chi connectivity index (χ0n) is 21.3. The van der Waals surface area contributed by atoms with E-state index in [1.807, 2.05) is 20.8 Å². The molecular weight excluding hydrogens is 380 g/mol. The molecular formula is C29H50O2. The fourth-order valence-electron chi connectivity index (χ4n) is 4.41. The summed E-state index contributed by atoms with van der Waals surface area (Å²) in [6.07, 6.45) is 23.5. The molecule has 31 heavy (non-hydrogen) atoms. The molecule has 2 nitrogen and oxygen atoms in total. The predicted molar refractivity (Wildman–Crippen MR) is 136 cm³/mol. The monoisotopic (exact) mass is 430 g/mol. The highest BCUT2D eigenvalue weighted by atomic mass is 16.3. The topological polar surface area (TPSA) is 40.5 Å². The van der Waals surface area contributed by atoms with Crippen molar-refractivity contribution in [1.82, 2.24) is 0 Å². The third-order valence-electron chi connectivity index (χ3n) is 6.95. The van der Waals surface area contributed by atoms with Crippen LogP contribution in [0.1, 0.15) is 132 Å². The Balaban J connectivity index is 2.11. The molecule has 0 bridgehead atoms. The molecule has 0 fully saturated rings. The van der Waals surface area contributed by atoms with E-state index in [1.165, 1.54) is 95.5 Å². The SMILES string of the molecule is CCCCCCCCCCCCCCCC/C(C)=C/Cc1c(C)c(O)c(C)c(C)c1O. The third kappa shape index (κ3) is 10.6. The highest BCUT2D eigenvalue weighted by Crippen LogP contribution is 2.36. The Morgan fingerprint density at radius 1 is 0.613 bits per heavy atom. The first-order valence-electron chi connectivity index (χ1n) is 13.1.